The summed E-state index contributed by atoms with van der Waals surface area (Å²) in [4.78, 5) is 2.57. The van der Waals surface area contributed by atoms with E-state index in [-0.39, 0.29) is 28.2 Å². The van der Waals surface area contributed by atoms with Gasteiger partial charge in [-0.1, -0.05) is 12.1 Å². The molecule has 1 aliphatic rings. The molecule has 0 aliphatic carbocycles. The minimum absolute atomic E-state index is 0.0624. The first kappa shape index (κ1) is 16.6. The molecule has 1 unspecified atom stereocenters. The lowest BCUT2D eigenvalue weighted by Crippen LogP contribution is -2.43. The summed E-state index contributed by atoms with van der Waals surface area (Å²) in [5.74, 6) is 0. The summed E-state index contributed by atoms with van der Waals surface area (Å²) >= 11 is -0.0841. The van der Waals surface area contributed by atoms with Gasteiger partial charge in [-0.3, -0.25) is 4.90 Å². The van der Waals surface area contributed by atoms with Crippen molar-refractivity contribution < 1.29 is 13.2 Å². The number of thioether (sulfide) groups is 1. The Kier molecular flexibility index (Phi) is 4.90. The van der Waals surface area contributed by atoms with Gasteiger partial charge in [-0.05, 0) is 62.7 Å². The van der Waals surface area contributed by atoms with Gasteiger partial charge < -0.3 is 5.73 Å². The van der Waals surface area contributed by atoms with Crippen molar-refractivity contribution >= 4 is 11.8 Å². The van der Waals surface area contributed by atoms with Crippen LogP contribution in [0.15, 0.2) is 29.2 Å². The quantitative estimate of drug-likeness (QED) is 0.845. The van der Waals surface area contributed by atoms with Crippen molar-refractivity contribution in [2.75, 3.05) is 13.1 Å². The predicted molar refractivity (Wildman–Crippen MR) is 80.2 cm³/mol. The van der Waals surface area contributed by atoms with E-state index in [0.717, 1.165) is 24.9 Å². The minimum atomic E-state index is -4.24. The molecular weight excluding hydrogens is 297 g/mol. The Morgan fingerprint density at radius 2 is 1.90 bits per heavy atom. The summed E-state index contributed by atoms with van der Waals surface area (Å²) in [5, 5.41) is 0. The van der Waals surface area contributed by atoms with Crippen LogP contribution in [-0.4, -0.2) is 29.0 Å². The zero-order chi connectivity index (χ0) is 15.7. The van der Waals surface area contributed by atoms with Crippen LogP contribution in [0.25, 0.3) is 0 Å². The van der Waals surface area contributed by atoms with E-state index in [0.29, 0.717) is 6.54 Å². The van der Waals surface area contributed by atoms with Gasteiger partial charge in [0.25, 0.3) is 0 Å². The fourth-order valence-electron chi connectivity index (χ4n) is 3.04. The van der Waals surface area contributed by atoms with Gasteiger partial charge in [-0.25, -0.2) is 0 Å². The molecule has 0 spiro atoms. The van der Waals surface area contributed by atoms with E-state index >= 15 is 0 Å². The van der Waals surface area contributed by atoms with E-state index in [9.17, 15) is 13.2 Å². The van der Waals surface area contributed by atoms with Gasteiger partial charge in [0.05, 0.1) is 0 Å². The smallest absolute Gasteiger partial charge is 0.329 e. The molecular formula is C15H21F3N2S. The van der Waals surface area contributed by atoms with Crippen LogP contribution in [0.3, 0.4) is 0 Å². The van der Waals surface area contributed by atoms with E-state index in [2.05, 4.69) is 18.7 Å². The molecule has 0 radical (unpaired) electrons. The van der Waals surface area contributed by atoms with E-state index < -0.39 is 5.51 Å². The summed E-state index contributed by atoms with van der Waals surface area (Å²) in [6.07, 6.45) is 2.25. The number of halogens is 3. The summed E-state index contributed by atoms with van der Waals surface area (Å²) in [7, 11) is 0. The lowest BCUT2D eigenvalue weighted by atomic mass is 9.97. The Morgan fingerprint density at radius 3 is 2.33 bits per heavy atom. The molecule has 0 bridgehead atoms. The monoisotopic (exact) mass is 318 g/mol. The molecule has 1 heterocycles. The Bertz CT molecular complexity index is 471. The van der Waals surface area contributed by atoms with Crippen molar-refractivity contribution in [1.29, 1.82) is 0 Å². The van der Waals surface area contributed by atoms with Crippen LogP contribution in [0.4, 0.5) is 13.2 Å². The number of benzene rings is 1. The molecule has 2 rings (SSSR count). The van der Waals surface area contributed by atoms with Crippen molar-refractivity contribution in [1.82, 2.24) is 4.90 Å². The van der Waals surface area contributed by atoms with Gasteiger partial charge in [-0.15, -0.1) is 0 Å². The maximum Gasteiger partial charge on any atom is 0.446 e. The van der Waals surface area contributed by atoms with Gasteiger partial charge in [0.15, 0.2) is 0 Å². The number of hydrogen-bond acceptors (Lipinski definition) is 3. The van der Waals surface area contributed by atoms with Crippen LogP contribution in [0.2, 0.25) is 0 Å². The fourth-order valence-corrected chi connectivity index (χ4v) is 3.58. The average Bonchev–Trinajstić information content (AvgIpc) is 2.71. The second kappa shape index (κ2) is 6.18. The molecule has 1 atom stereocenters. The summed E-state index contributed by atoms with van der Waals surface area (Å²) < 4.78 is 37.0. The molecule has 0 amide bonds. The normalized spacial score (nSPS) is 20.7. The van der Waals surface area contributed by atoms with E-state index in [4.69, 9.17) is 5.73 Å². The van der Waals surface area contributed by atoms with Crippen LogP contribution in [0.1, 0.15) is 38.3 Å². The molecule has 2 N–H and O–H groups in total. The second-order valence-corrected chi connectivity index (χ2v) is 7.12. The van der Waals surface area contributed by atoms with Gasteiger partial charge >= 0.3 is 5.51 Å². The number of rotatable bonds is 4. The van der Waals surface area contributed by atoms with Gasteiger partial charge in [0.2, 0.25) is 0 Å². The fraction of sp³-hybridized carbons (Fsp3) is 0.600. The average molecular weight is 318 g/mol. The molecule has 21 heavy (non-hydrogen) atoms. The Hall–Kier alpha value is -0.720. The molecule has 1 aromatic carbocycles. The number of nitrogens with zero attached hydrogens (tertiary/aromatic N) is 1. The zero-order valence-electron chi connectivity index (χ0n) is 12.3. The third-order valence-corrected chi connectivity index (χ3v) is 4.80. The van der Waals surface area contributed by atoms with Crippen LogP contribution in [0, 0.1) is 0 Å². The first-order valence-corrected chi connectivity index (χ1v) is 7.87. The Morgan fingerprint density at radius 1 is 1.29 bits per heavy atom. The van der Waals surface area contributed by atoms with Crippen molar-refractivity contribution in [2.45, 2.75) is 48.7 Å². The second-order valence-electron chi connectivity index (χ2n) is 5.98. The topological polar surface area (TPSA) is 29.3 Å². The van der Waals surface area contributed by atoms with Crippen molar-refractivity contribution in [3.05, 3.63) is 29.8 Å². The SMILES string of the molecule is CC1(C)CCCN1C(CN)c1ccc(SC(F)(F)F)cc1. The van der Waals surface area contributed by atoms with Gasteiger partial charge in [0, 0.05) is 23.0 Å². The Labute approximate surface area is 127 Å². The standard InChI is InChI=1S/C15H21F3N2S/c1-14(2)8-3-9-20(14)13(10-19)11-4-6-12(7-5-11)21-15(16,17)18/h4-7,13H,3,8-10,19H2,1-2H3. The summed E-state index contributed by atoms with van der Waals surface area (Å²) in [6, 6.07) is 6.64. The Balaban J connectivity index is 2.16. The van der Waals surface area contributed by atoms with E-state index in [1.165, 1.54) is 12.1 Å². The number of nitrogens with two attached hydrogens (primary N) is 1. The molecule has 0 saturated carbocycles. The highest BCUT2D eigenvalue weighted by atomic mass is 32.2. The van der Waals surface area contributed by atoms with Crippen LogP contribution in [0.5, 0.6) is 0 Å². The highest BCUT2D eigenvalue weighted by molar-refractivity contribution is 8.00. The molecule has 2 nitrogen and oxygen atoms in total. The van der Waals surface area contributed by atoms with Crippen molar-refractivity contribution in [3.63, 3.8) is 0 Å². The molecule has 1 aliphatic heterocycles. The lowest BCUT2D eigenvalue weighted by Gasteiger charge is -2.38. The first-order valence-electron chi connectivity index (χ1n) is 7.05. The largest absolute Gasteiger partial charge is 0.446 e. The number of alkyl halides is 3. The van der Waals surface area contributed by atoms with Crippen molar-refractivity contribution in [3.8, 4) is 0 Å². The van der Waals surface area contributed by atoms with Gasteiger partial charge in [0.1, 0.15) is 0 Å². The zero-order valence-corrected chi connectivity index (χ0v) is 13.1. The maximum absolute atomic E-state index is 12.3. The van der Waals surface area contributed by atoms with Crippen LogP contribution < -0.4 is 5.73 Å². The minimum Gasteiger partial charge on any atom is -0.329 e. The maximum atomic E-state index is 12.3. The summed E-state index contributed by atoms with van der Waals surface area (Å²) in [6.45, 7) is 5.83. The van der Waals surface area contributed by atoms with Crippen LogP contribution >= 0.6 is 11.8 Å². The summed E-state index contributed by atoms with van der Waals surface area (Å²) in [5.41, 5.74) is 2.75. The highest BCUT2D eigenvalue weighted by Gasteiger charge is 2.36. The molecule has 1 aromatic rings. The third-order valence-electron chi connectivity index (χ3n) is 4.06. The van der Waals surface area contributed by atoms with Crippen LogP contribution in [-0.2, 0) is 0 Å². The number of likely N-dealkylation sites (tertiary alicyclic amines) is 1. The molecule has 118 valence electrons. The van der Waals surface area contributed by atoms with E-state index in [1.807, 2.05) is 0 Å². The van der Waals surface area contributed by atoms with Gasteiger partial charge in [-0.2, -0.15) is 13.2 Å². The molecule has 1 fully saturated rings. The lowest BCUT2D eigenvalue weighted by molar-refractivity contribution is -0.0328. The van der Waals surface area contributed by atoms with E-state index in [1.54, 1.807) is 12.1 Å². The highest BCUT2D eigenvalue weighted by Crippen LogP contribution is 2.39. The molecule has 1 saturated heterocycles. The number of hydrogen-bond donors (Lipinski definition) is 1. The van der Waals surface area contributed by atoms with Crippen molar-refractivity contribution in [2.24, 2.45) is 5.73 Å². The first-order chi connectivity index (χ1) is 9.73. The molecule has 6 heteroatoms. The molecule has 0 aromatic heterocycles. The third kappa shape index (κ3) is 4.14. The predicted octanol–water partition coefficient (Wildman–Crippen LogP) is 4.17.